The van der Waals surface area contributed by atoms with E-state index in [1.165, 1.54) is 12.4 Å². The molecule has 0 fully saturated rings. The second-order valence-electron chi connectivity index (χ2n) is 4.67. The molecule has 2 aromatic heterocycles. The molecule has 0 unspecified atom stereocenters. The van der Waals surface area contributed by atoms with Crippen molar-refractivity contribution in [2.24, 2.45) is 0 Å². The van der Waals surface area contributed by atoms with Gasteiger partial charge in [-0.25, -0.2) is 14.4 Å². The maximum absolute atomic E-state index is 13.9. The van der Waals surface area contributed by atoms with Gasteiger partial charge in [0.15, 0.2) is 5.65 Å². The Bertz CT molecular complexity index is 976. The van der Waals surface area contributed by atoms with E-state index in [9.17, 15) is 4.39 Å². The van der Waals surface area contributed by atoms with Gasteiger partial charge in [0, 0.05) is 10.9 Å². The van der Waals surface area contributed by atoms with E-state index in [4.69, 9.17) is 5.73 Å². The first-order valence-corrected chi connectivity index (χ1v) is 6.38. The van der Waals surface area contributed by atoms with Crippen molar-refractivity contribution in [3.05, 3.63) is 48.5 Å². The van der Waals surface area contributed by atoms with Crippen LogP contribution in [0, 0.1) is 5.82 Å². The van der Waals surface area contributed by atoms with Crippen LogP contribution in [0.5, 0.6) is 0 Å². The quantitative estimate of drug-likeness (QED) is 0.561. The van der Waals surface area contributed by atoms with Crippen molar-refractivity contribution in [2.45, 2.75) is 0 Å². The highest BCUT2D eigenvalue weighted by Crippen LogP contribution is 2.32. The van der Waals surface area contributed by atoms with E-state index in [1.54, 1.807) is 18.2 Å². The fraction of sp³-hybridized carbons (Fsp3) is 0. The maximum Gasteiger partial charge on any atom is 0.222 e. The van der Waals surface area contributed by atoms with Crippen LogP contribution in [0.2, 0.25) is 0 Å². The van der Waals surface area contributed by atoms with E-state index in [2.05, 4.69) is 19.9 Å². The number of halogens is 1. The number of aromatic amines is 1. The molecule has 21 heavy (non-hydrogen) atoms. The Labute approximate surface area is 118 Å². The number of benzene rings is 2. The Morgan fingerprint density at radius 1 is 1.00 bits per heavy atom. The van der Waals surface area contributed by atoms with Crippen LogP contribution in [0.25, 0.3) is 33.2 Å². The number of aromatic nitrogens is 4. The monoisotopic (exact) mass is 279 g/mol. The molecule has 0 aliphatic rings. The molecule has 0 spiro atoms. The van der Waals surface area contributed by atoms with Crippen molar-refractivity contribution in [2.75, 3.05) is 5.73 Å². The number of fused-ring (bicyclic) bond motifs is 2. The van der Waals surface area contributed by atoms with Gasteiger partial charge in [0.25, 0.3) is 0 Å². The predicted octanol–water partition coefficient (Wildman–Crippen LogP) is 2.89. The fourth-order valence-electron chi connectivity index (χ4n) is 2.51. The highest BCUT2D eigenvalue weighted by Gasteiger charge is 2.14. The van der Waals surface area contributed by atoms with Gasteiger partial charge in [0.2, 0.25) is 5.95 Å². The normalized spacial score (nSPS) is 11.3. The lowest BCUT2D eigenvalue weighted by atomic mass is 10.0. The number of nitrogens with zero attached hydrogens (tertiary/aromatic N) is 3. The summed E-state index contributed by atoms with van der Waals surface area (Å²) in [5.74, 6) is -0.129. The van der Waals surface area contributed by atoms with E-state index in [1.807, 2.05) is 12.1 Å². The lowest BCUT2D eigenvalue weighted by molar-refractivity contribution is 0.640. The summed E-state index contributed by atoms with van der Waals surface area (Å²) in [6, 6.07) is 10.4. The number of hydrogen-bond acceptors (Lipinski definition) is 4. The second kappa shape index (κ2) is 4.24. The van der Waals surface area contributed by atoms with Crippen LogP contribution in [0.1, 0.15) is 0 Å². The fourth-order valence-corrected chi connectivity index (χ4v) is 2.51. The first-order valence-electron chi connectivity index (χ1n) is 6.38. The number of rotatable bonds is 1. The van der Waals surface area contributed by atoms with Crippen molar-refractivity contribution in [1.82, 2.24) is 19.9 Å². The highest BCUT2D eigenvalue weighted by molar-refractivity contribution is 6.01. The third-order valence-corrected chi connectivity index (χ3v) is 3.43. The number of nitrogen functional groups attached to an aromatic ring is 1. The molecule has 0 amide bonds. The molecule has 3 N–H and O–H groups in total. The predicted molar refractivity (Wildman–Crippen MR) is 79.0 cm³/mol. The van der Waals surface area contributed by atoms with Crippen molar-refractivity contribution >= 4 is 27.9 Å². The molecule has 0 saturated heterocycles. The van der Waals surface area contributed by atoms with Crippen molar-refractivity contribution in [3.63, 3.8) is 0 Å². The summed E-state index contributed by atoms with van der Waals surface area (Å²) in [5.41, 5.74) is 8.32. The summed E-state index contributed by atoms with van der Waals surface area (Å²) in [4.78, 5) is 15.5. The molecule has 4 rings (SSSR count). The van der Waals surface area contributed by atoms with Gasteiger partial charge in [-0.1, -0.05) is 24.3 Å². The van der Waals surface area contributed by atoms with Crippen LogP contribution in [-0.4, -0.2) is 19.9 Å². The molecule has 0 atom stereocenters. The van der Waals surface area contributed by atoms with Gasteiger partial charge in [0.05, 0.1) is 6.33 Å². The van der Waals surface area contributed by atoms with Gasteiger partial charge in [0.1, 0.15) is 17.0 Å². The number of nitrogens with two attached hydrogens (primary N) is 1. The summed E-state index contributed by atoms with van der Waals surface area (Å²) < 4.78 is 13.9. The van der Waals surface area contributed by atoms with Gasteiger partial charge in [-0.15, -0.1) is 0 Å². The molecule has 6 heteroatoms. The Morgan fingerprint density at radius 2 is 1.81 bits per heavy atom. The van der Waals surface area contributed by atoms with E-state index in [0.717, 1.165) is 10.9 Å². The minimum Gasteiger partial charge on any atom is -0.368 e. The van der Waals surface area contributed by atoms with Crippen molar-refractivity contribution in [1.29, 1.82) is 0 Å². The zero-order chi connectivity index (χ0) is 14.4. The minimum absolute atomic E-state index is 0.137. The average Bonchev–Trinajstić information content (AvgIpc) is 2.95. The Hall–Kier alpha value is -3.02. The molecule has 102 valence electrons. The first-order chi connectivity index (χ1) is 10.2. The van der Waals surface area contributed by atoms with Crippen LogP contribution >= 0.6 is 0 Å². The zero-order valence-electron chi connectivity index (χ0n) is 10.8. The molecule has 2 heterocycles. The molecule has 0 bridgehead atoms. The van der Waals surface area contributed by atoms with Crippen molar-refractivity contribution < 1.29 is 4.39 Å². The summed E-state index contributed by atoms with van der Waals surface area (Å²) in [6.07, 6.45) is 1.54. The van der Waals surface area contributed by atoms with Crippen LogP contribution in [-0.2, 0) is 0 Å². The van der Waals surface area contributed by atoms with Crippen LogP contribution in [0.4, 0.5) is 10.3 Å². The number of hydrogen-bond donors (Lipinski definition) is 2. The third kappa shape index (κ3) is 1.73. The zero-order valence-corrected chi connectivity index (χ0v) is 10.8. The minimum atomic E-state index is -0.266. The average molecular weight is 279 g/mol. The molecule has 5 nitrogen and oxygen atoms in total. The largest absolute Gasteiger partial charge is 0.368 e. The molecule has 0 aliphatic heterocycles. The van der Waals surface area contributed by atoms with E-state index in [0.29, 0.717) is 22.2 Å². The van der Waals surface area contributed by atoms with E-state index < -0.39 is 0 Å². The van der Waals surface area contributed by atoms with Crippen LogP contribution < -0.4 is 5.73 Å². The molecule has 0 radical (unpaired) electrons. The first kappa shape index (κ1) is 11.8. The standard InChI is InChI=1S/C15H10FN5/c16-11-6-5-10(8-3-1-2-4-9(8)11)12-13-14(19-7-18-13)21-15(17)20-12/h1-7H,(H3,17,18,19,20,21). The molecule has 0 saturated carbocycles. The molecule has 4 aromatic rings. The Kier molecular flexibility index (Phi) is 2.38. The lowest BCUT2D eigenvalue weighted by Crippen LogP contribution is -1.98. The topological polar surface area (TPSA) is 80.5 Å². The molecule has 2 aromatic carbocycles. The van der Waals surface area contributed by atoms with Gasteiger partial charge < -0.3 is 10.7 Å². The third-order valence-electron chi connectivity index (χ3n) is 3.43. The molecule has 0 aliphatic carbocycles. The lowest BCUT2D eigenvalue weighted by Gasteiger charge is -2.08. The van der Waals surface area contributed by atoms with E-state index in [-0.39, 0.29) is 11.8 Å². The smallest absolute Gasteiger partial charge is 0.222 e. The Balaban J connectivity index is 2.14. The summed E-state index contributed by atoms with van der Waals surface area (Å²) >= 11 is 0. The van der Waals surface area contributed by atoms with Crippen LogP contribution in [0.15, 0.2) is 42.7 Å². The summed E-state index contributed by atoms with van der Waals surface area (Å²) in [7, 11) is 0. The number of H-pyrrole nitrogens is 1. The van der Waals surface area contributed by atoms with Crippen LogP contribution in [0.3, 0.4) is 0 Å². The Morgan fingerprint density at radius 3 is 2.67 bits per heavy atom. The molecular weight excluding hydrogens is 269 g/mol. The van der Waals surface area contributed by atoms with Gasteiger partial charge in [-0.05, 0) is 17.5 Å². The van der Waals surface area contributed by atoms with Crippen molar-refractivity contribution in [3.8, 4) is 11.3 Å². The van der Waals surface area contributed by atoms with E-state index >= 15 is 0 Å². The van der Waals surface area contributed by atoms with Gasteiger partial charge in [-0.2, -0.15) is 4.98 Å². The molecular formula is C15H10FN5. The maximum atomic E-state index is 13.9. The number of imidazole rings is 1. The number of nitrogens with one attached hydrogen (secondary N) is 1. The van der Waals surface area contributed by atoms with Gasteiger partial charge >= 0.3 is 0 Å². The summed E-state index contributed by atoms with van der Waals surface area (Å²) in [5, 5.41) is 1.31. The summed E-state index contributed by atoms with van der Waals surface area (Å²) in [6.45, 7) is 0. The second-order valence-corrected chi connectivity index (χ2v) is 4.67. The van der Waals surface area contributed by atoms with Gasteiger partial charge in [-0.3, -0.25) is 0 Å². The highest BCUT2D eigenvalue weighted by atomic mass is 19.1. The SMILES string of the molecule is Nc1nc(-c2ccc(F)c3ccccc23)c2[nH]cnc2n1. The number of anilines is 1.